The molecule has 0 N–H and O–H groups in total. The van der Waals surface area contributed by atoms with E-state index in [9.17, 15) is 13.2 Å². The standard InChI is InChI=1S/C20H19ClN2O5S/c1-27-17-7-6-14(12-15(17)21)23-13-19(20(24)22-8-10-28-11-9-22)29(25,26)18-5-3-2-4-16(18)23/h2-7,12-13H,8-11H2,1H3. The average Bonchev–Trinajstić information content (AvgIpc) is 2.74. The molecule has 2 aliphatic heterocycles. The highest BCUT2D eigenvalue weighted by Crippen LogP contribution is 2.41. The smallest absolute Gasteiger partial charge is 0.267 e. The molecular formula is C20H19ClN2O5S. The Morgan fingerprint density at radius 2 is 1.86 bits per heavy atom. The highest BCUT2D eigenvalue weighted by molar-refractivity contribution is 7.96. The van der Waals surface area contributed by atoms with E-state index < -0.39 is 15.7 Å². The van der Waals surface area contributed by atoms with Crippen LogP contribution in [-0.2, 0) is 19.4 Å². The highest BCUT2D eigenvalue weighted by Gasteiger charge is 2.38. The van der Waals surface area contributed by atoms with Gasteiger partial charge in [-0.15, -0.1) is 0 Å². The number of nitrogens with zero attached hydrogens (tertiary/aromatic N) is 2. The van der Waals surface area contributed by atoms with Crippen LogP contribution < -0.4 is 9.64 Å². The van der Waals surface area contributed by atoms with Crippen molar-refractivity contribution in [2.45, 2.75) is 4.90 Å². The molecule has 152 valence electrons. The fourth-order valence-corrected chi connectivity index (χ4v) is 5.16. The molecule has 2 aromatic rings. The van der Waals surface area contributed by atoms with E-state index in [1.54, 1.807) is 41.3 Å². The number of para-hydroxylation sites is 1. The third kappa shape index (κ3) is 3.48. The normalized spacial score (nSPS) is 18.1. The SMILES string of the molecule is COc1ccc(N2C=C(C(=O)N3CCOCC3)S(=O)(=O)c3ccccc32)cc1Cl. The molecule has 1 saturated heterocycles. The zero-order valence-corrected chi connectivity index (χ0v) is 17.2. The van der Waals surface area contributed by atoms with E-state index >= 15 is 0 Å². The van der Waals surface area contributed by atoms with Gasteiger partial charge in [-0.05, 0) is 30.3 Å². The summed E-state index contributed by atoms with van der Waals surface area (Å²) in [6, 6.07) is 11.7. The van der Waals surface area contributed by atoms with Crippen molar-refractivity contribution in [3.8, 4) is 5.75 Å². The van der Waals surface area contributed by atoms with Gasteiger partial charge in [0.05, 0.1) is 35.9 Å². The zero-order chi connectivity index (χ0) is 20.6. The molecule has 2 heterocycles. The molecule has 1 amide bonds. The fraction of sp³-hybridized carbons (Fsp3) is 0.250. The predicted octanol–water partition coefficient (Wildman–Crippen LogP) is 2.97. The van der Waals surface area contributed by atoms with Crippen molar-refractivity contribution < 1.29 is 22.7 Å². The number of amides is 1. The first-order chi connectivity index (χ1) is 13.9. The number of halogens is 1. The van der Waals surface area contributed by atoms with E-state index in [0.717, 1.165) is 0 Å². The number of carbonyl (C=O) groups excluding carboxylic acids is 1. The van der Waals surface area contributed by atoms with Gasteiger partial charge in [-0.3, -0.25) is 4.79 Å². The number of methoxy groups -OCH3 is 1. The Morgan fingerprint density at radius 3 is 2.55 bits per heavy atom. The number of morpholine rings is 1. The van der Waals surface area contributed by atoms with Crippen LogP contribution in [0.2, 0.25) is 5.02 Å². The van der Waals surface area contributed by atoms with Gasteiger partial charge >= 0.3 is 0 Å². The van der Waals surface area contributed by atoms with Gasteiger partial charge in [-0.1, -0.05) is 23.7 Å². The van der Waals surface area contributed by atoms with Crippen molar-refractivity contribution in [1.29, 1.82) is 0 Å². The van der Waals surface area contributed by atoms with Gasteiger partial charge in [0.25, 0.3) is 5.91 Å². The second-order valence-corrected chi connectivity index (χ2v) is 8.85. The van der Waals surface area contributed by atoms with Crippen LogP contribution in [0.1, 0.15) is 0 Å². The number of benzene rings is 2. The lowest BCUT2D eigenvalue weighted by molar-refractivity contribution is -0.130. The third-order valence-corrected chi connectivity index (χ3v) is 6.95. The minimum atomic E-state index is -3.97. The van der Waals surface area contributed by atoms with Crippen molar-refractivity contribution in [2.75, 3.05) is 38.3 Å². The van der Waals surface area contributed by atoms with Gasteiger partial charge in [0.1, 0.15) is 5.75 Å². The van der Waals surface area contributed by atoms with Gasteiger partial charge in [-0.2, -0.15) is 0 Å². The average molecular weight is 435 g/mol. The maximum absolute atomic E-state index is 13.2. The number of rotatable bonds is 3. The topological polar surface area (TPSA) is 76.2 Å². The lowest BCUT2D eigenvalue weighted by atomic mass is 10.2. The van der Waals surface area contributed by atoms with Crippen LogP contribution in [0.5, 0.6) is 5.75 Å². The summed E-state index contributed by atoms with van der Waals surface area (Å²) in [6.45, 7) is 1.46. The van der Waals surface area contributed by atoms with Gasteiger partial charge < -0.3 is 19.3 Å². The number of hydrogen-bond acceptors (Lipinski definition) is 6. The first-order valence-corrected chi connectivity index (χ1v) is 10.9. The molecule has 7 nitrogen and oxygen atoms in total. The fourth-order valence-electron chi connectivity index (χ4n) is 3.37. The number of sulfone groups is 1. The maximum atomic E-state index is 13.2. The number of anilines is 2. The van der Waals surface area contributed by atoms with Crippen LogP contribution in [0.4, 0.5) is 11.4 Å². The molecule has 2 aromatic carbocycles. The van der Waals surface area contributed by atoms with E-state index in [2.05, 4.69) is 0 Å². The Kier molecular flexibility index (Phi) is 5.24. The minimum Gasteiger partial charge on any atom is -0.495 e. The van der Waals surface area contributed by atoms with Crippen LogP contribution >= 0.6 is 11.6 Å². The van der Waals surface area contributed by atoms with E-state index in [-0.39, 0.29) is 9.80 Å². The summed E-state index contributed by atoms with van der Waals surface area (Å²) in [7, 11) is -2.45. The van der Waals surface area contributed by atoms with Crippen LogP contribution in [-0.4, -0.2) is 52.6 Å². The van der Waals surface area contributed by atoms with Crippen molar-refractivity contribution in [3.63, 3.8) is 0 Å². The molecule has 0 spiro atoms. The molecule has 9 heteroatoms. The summed E-state index contributed by atoms with van der Waals surface area (Å²) in [4.78, 5) is 16.0. The number of ether oxygens (including phenoxy) is 2. The summed E-state index contributed by atoms with van der Waals surface area (Å²) >= 11 is 6.27. The van der Waals surface area contributed by atoms with Gasteiger partial charge in [0.2, 0.25) is 9.84 Å². The summed E-state index contributed by atoms with van der Waals surface area (Å²) < 4.78 is 36.9. The predicted molar refractivity (Wildman–Crippen MR) is 109 cm³/mol. The van der Waals surface area contributed by atoms with E-state index in [1.807, 2.05) is 0 Å². The molecule has 4 rings (SSSR count). The van der Waals surface area contributed by atoms with E-state index in [1.165, 1.54) is 24.3 Å². The minimum absolute atomic E-state index is 0.0750. The van der Waals surface area contributed by atoms with Crippen molar-refractivity contribution in [2.24, 2.45) is 0 Å². The lowest BCUT2D eigenvalue weighted by Gasteiger charge is -2.32. The molecule has 2 aliphatic rings. The Labute approximate surface area is 174 Å². The second-order valence-electron chi connectivity index (χ2n) is 6.56. The Morgan fingerprint density at radius 1 is 1.14 bits per heavy atom. The highest BCUT2D eigenvalue weighted by atomic mass is 35.5. The molecule has 0 unspecified atom stereocenters. The molecule has 0 saturated carbocycles. The first-order valence-electron chi connectivity index (χ1n) is 8.99. The largest absolute Gasteiger partial charge is 0.495 e. The van der Waals surface area contributed by atoms with Crippen molar-refractivity contribution in [3.05, 3.63) is 58.6 Å². The van der Waals surface area contributed by atoms with Crippen LogP contribution in [0.15, 0.2) is 58.5 Å². The van der Waals surface area contributed by atoms with Crippen LogP contribution in [0.25, 0.3) is 0 Å². The summed E-state index contributed by atoms with van der Waals surface area (Å²) in [6.07, 6.45) is 1.37. The molecule has 0 bridgehead atoms. The first kappa shape index (κ1) is 19.8. The van der Waals surface area contributed by atoms with E-state index in [4.69, 9.17) is 21.1 Å². The van der Waals surface area contributed by atoms with Crippen molar-refractivity contribution in [1.82, 2.24) is 4.90 Å². The molecule has 0 atom stereocenters. The monoisotopic (exact) mass is 434 g/mol. The molecular weight excluding hydrogens is 416 g/mol. The molecule has 1 fully saturated rings. The molecule has 0 aliphatic carbocycles. The summed E-state index contributed by atoms with van der Waals surface area (Å²) in [5.74, 6) is -0.0330. The summed E-state index contributed by atoms with van der Waals surface area (Å²) in [5.41, 5.74) is 1.07. The summed E-state index contributed by atoms with van der Waals surface area (Å²) in [5, 5.41) is 0.380. The Hall–Kier alpha value is -2.55. The second kappa shape index (κ2) is 7.70. The molecule has 29 heavy (non-hydrogen) atoms. The molecule has 0 radical (unpaired) electrons. The van der Waals surface area contributed by atoms with E-state index in [0.29, 0.717) is 48.5 Å². The Balaban J connectivity index is 1.85. The quantitative estimate of drug-likeness (QED) is 0.739. The van der Waals surface area contributed by atoms with Crippen LogP contribution in [0, 0.1) is 0 Å². The number of fused-ring (bicyclic) bond motifs is 1. The van der Waals surface area contributed by atoms with Crippen molar-refractivity contribution >= 4 is 38.7 Å². The van der Waals surface area contributed by atoms with Gasteiger partial charge in [0, 0.05) is 25.0 Å². The maximum Gasteiger partial charge on any atom is 0.267 e. The third-order valence-electron chi connectivity index (χ3n) is 4.87. The number of carbonyl (C=O) groups is 1. The van der Waals surface area contributed by atoms with Crippen LogP contribution in [0.3, 0.4) is 0 Å². The Bertz CT molecular complexity index is 1090. The van der Waals surface area contributed by atoms with Gasteiger partial charge in [-0.25, -0.2) is 8.42 Å². The van der Waals surface area contributed by atoms with Gasteiger partial charge in [0.15, 0.2) is 4.91 Å². The molecule has 0 aromatic heterocycles. The zero-order valence-electron chi connectivity index (χ0n) is 15.7. The number of hydrogen-bond donors (Lipinski definition) is 0. The lowest BCUT2D eigenvalue weighted by Crippen LogP contribution is -2.43.